The van der Waals surface area contributed by atoms with Gasteiger partial charge in [0.25, 0.3) is 0 Å². The molecular formula is C15H19N3O3. The summed E-state index contributed by atoms with van der Waals surface area (Å²) >= 11 is 0. The fourth-order valence-corrected chi connectivity index (χ4v) is 2.90. The third kappa shape index (κ3) is 2.58. The van der Waals surface area contributed by atoms with E-state index in [1.165, 1.54) is 0 Å². The molecule has 0 radical (unpaired) electrons. The lowest BCUT2D eigenvalue weighted by Gasteiger charge is -2.13. The number of imidazole rings is 1. The smallest absolute Gasteiger partial charge is 0.356 e. The Morgan fingerprint density at radius 1 is 1.52 bits per heavy atom. The second kappa shape index (κ2) is 5.73. The molecule has 0 saturated carbocycles. The van der Waals surface area contributed by atoms with Gasteiger partial charge >= 0.3 is 5.97 Å². The molecule has 6 heteroatoms. The van der Waals surface area contributed by atoms with E-state index < -0.39 is 5.97 Å². The van der Waals surface area contributed by atoms with Gasteiger partial charge in [-0.1, -0.05) is 6.42 Å². The summed E-state index contributed by atoms with van der Waals surface area (Å²) in [4.78, 5) is 15.8. The maximum absolute atomic E-state index is 11.4. The number of rotatable bonds is 3. The zero-order valence-electron chi connectivity index (χ0n) is 12.0. The molecule has 3 heterocycles. The van der Waals surface area contributed by atoms with Crippen molar-refractivity contribution in [3.05, 3.63) is 29.8 Å². The number of pyridine rings is 1. The van der Waals surface area contributed by atoms with Gasteiger partial charge in [0.05, 0.1) is 12.6 Å². The van der Waals surface area contributed by atoms with Crippen LogP contribution in [0.15, 0.2) is 18.3 Å². The van der Waals surface area contributed by atoms with E-state index in [-0.39, 0.29) is 11.6 Å². The Kier molecular flexibility index (Phi) is 3.79. The lowest BCUT2D eigenvalue weighted by atomic mass is 10.0. The number of ether oxygens (including phenoxy) is 1. The van der Waals surface area contributed by atoms with E-state index >= 15 is 0 Å². The Labute approximate surface area is 122 Å². The molecule has 0 aliphatic carbocycles. The Balaban J connectivity index is 2.11. The standard InChI is InChI=1S/C15H19N3O3/c1-21-11-5-7-18-12(8-11)13(15(19)20)17-14(18)10-4-2-3-6-16-9-10/h5,7-8,10,16H,2-4,6,9H2,1H3,(H,19,20). The third-order valence-corrected chi connectivity index (χ3v) is 3.99. The zero-order valence-corrected chi connectivity index (χ0v) is 12.0. The van der Waals surface area contributed by atoms with Crippen molar-refractivity contribution in [1.29, 1.82) is 0 Å². The minimum atomic E-state index is -1.01. The summed E-state index contributed by atoms with van der Waals surface area (Å²) in [6, 6.07) is 3.55. The quantitative estimate of drug-likeness (QED) is 0.902. The Hall–Kier alpha value is -2.08. The predicted octanol–water partition coefficient (Wildman–Crippen LogP) is 1.90. The van der Waals surface area contributed by atoms with Gasteiger partial charge in [-0.2, -0.15) is 0 Å². The lowest BCUT2D eigenvalue weighted by molar-refractivity contribution is 0.0693. The molecule has 1 fully saturated rings. The predicted molar refractivity (Wildman–Crippen MR) is 78.2 cm³/mol. The van der Waals surface area contributed by atoms with E-state index in [2.05, 4.69) is 10.3 Å². The molecule has 3 rings (SSSR count). The zero-order chi connectivity index (χ0) is 14.8. The topological polar surface area (TPSA) is 75.9 Å². The molecule has 0 amide bonds. The highest BCUT2D eigenvalue weighted by atomic mass is 16.5. The number of aromatic nitrogens is 2. The number of hydrogen-bond acceptors (Lipinski definition) is 4. The number of aromatic carboxylic acids is 1. The van der Waals surface area contributed by atoms with Crippen LogP contribution < -0.4 is 10.1 Å². The van der Waals surface area contributed by atoms with Gasteiger partial charge in [0.15, 0.2) is 5.69 Å². The fraction of sp³-hybridized carbons (Fsp3) is 0.467. The highest BCUT2D eigenvalue weighted by molar-refractivity contribution is 5.94. The van der Waals surface area contributed by atoms with E-state index in [1.807, 2.05) is 16.7 Å². The first kappa shape index (κ1) is 13.9. The van der Waals surface area contributed by atoms with E-state index in [0.717, 1.165) is 38.2 Å². The molecule has 0 spiro atoms. The minimum Gasteiger partial charge on any atom is -0.497 e. The first-order valence-corrected chi connectivity index (χ1v) is 7.20. The van der Waals surface area contributed by atoms with Crippen LogP contribution in [0.1, 0.15) is 41.5 Å². The van der Waals surface area contributed by atoms with Gasteiger partial charge in [-0.25, -0.2) is 9.78 Å². The molecule has 1 saturated heterocycles. The van der Waals surface area contributed by atoms with Crippen LogP contribution in [-0.2, 0) is 0 Å². The van der Waals surface area contributed by atoms with E-state index in [4.69, 9.17) is 4.74 Å². The first-order valence-electron chi connectivity index (χ1n) is 7.20. The number of carbonyl (C=O) groups is 1. The molecule has 1 aliphatic heterocycles. The Morgan fingerprint density at radius 3 is 3.14 bits per heavy atom. The van der Waals surface area contributed by atoms with Gasteiger partial charge in [0.2, 0.25) is 0 Å². The molecule has 0 aromatic carbocycles. The summed E-state index contributed by atoms with van der Waals surface area (Å²) in [5.41, 5.74) is 0.675. The molecule has 0 bridgehead atoms. The average Bonchev–Trinajstić information content (AvgIpc) is 2.67. The Bertz CT molecular complexity index is 657. The maximum Gasteiger partial charge on any atom is 0.356 e. The van der Waals surface area contributed by atoms with Crippen molar-refractivity contribution in [3.63, 3.8) is 0 Å². The van der Waals surface area contributed by atoms with Crippen molar-refractivity contribution in [2.45, 2.75) is 25.2 Å². The van der Waals surface area contributed by atoms with Crippen molar-refractivity contribution in [1.82, 2.24) is 14.7 Å². The van der Waals surface area contributed by atoms with E-state index in [0.29, 0.717) is 11.3 Å². The number of nitrogens with zero attached hydrogens (tertiary/aromatic N) is 2. The van der Waals surface area contributed by atoms with Gasteiger partial charge in [-0.3, -0.25) is 0 Å². The Morgan fingerprint density at radius 2 is 2.38 bits per heavy atom. The monoisotopic (exact) mass is 289 g/mol. The molecule has 1 aliphatic rings. The maximum atomic E-state index is 11.4. The summed E-state index contributed by atoms with van der Waals surface area (Å²) in [7, 11) is 1.57. The summed E-state index contributed by atoms with van der Waals surface area (Å²) in [5, 5.41) is 12.8. The molecular weight excluding hydrogens is 270 g/mol. The van der Waals surface area contributed by atoms with Gasteiger partial charge < -0.3 is 19.6 Å². The molecule has 6 nitrogen and oxygen atoms in total. The average molecular weight is 289 g/mol. The molecule has 112 valence electrons. The summed E-state index contributed by atoms with van der Waals surface area (Å²) in [5.74, 6) is 0.685. The van der Waals surface area contributed by atoms with Crippen molar-refractivity contribution >= 4 is 11.5 Å². The molecule has 2 N–H and O–H groups in total. The second-order valence-electron chi connectivity index (χ2n) is 5.34. The number of fused-ring (bicyclic) bond motifs is 1. The lowest BCUT2D eigenvalue weighted by Crippen LogP contribution is -2.20. The molecule has 1 atom stereocenters. The van der Waals surface area contributed by atoms with Crippen molar-refractivity contribution in [2.75, 3.05) is 20.2 Å². The fourth-order valence-electron chi connectivity index (χ4n) is 2.90. The number of methoxy groups -OCH3 is 1. The molecule has 2 aromatic rings. The van der Waals surface area contributed by atoms with Crippen molar-refractivity contribution in [3.8, 4) is 5.75 Å². The van der Waals surface area contributed by atoms with Gasteiger partial charge in [-0.15, -0.1) is 0 Å². The third-order valence-electron chi connectivity index (χ3n) is 3.99. The summed E-state index contributed by atoms with van der Waals surface area (Å²) in [6.45, 7) is 1.85. The molecule has 1 unspecified atom stereocenters. The highest BCUT2D eigenvalue weighted by Gasteiger charge is 2.23. The van der Waals surface area contributed by atoms with Crippen LogP contribution in [0.5, 0.6) is 5.75 Å². The van der Waals surface area contributed by atoms with Crippen LogP contribution in [0, 0.1) is 0 Å². The van der Waals surface area contributed by atoms with Crippen LogP contribution >= 0.6 is 0 Å². The summed E-state index contributed by atoms with van der Waals surface area (Å²) in [6.07, 6.45) is 5.15. The molecule has 21 heavy (non-hydrogen) atoms. The van der Waals surface area contributed by atoms with Crippen molar-refractivity contribution < 1.29 is 14.6 Å². The van der Waals surface area contributed by atoms with E-state index in [1.54, 1.807) is 13.2 Å². The van der Waals surface area contributed by atoms with Crippen LogP contribution in [0.2, 0.25) is 0 Å². The van der Waals surface area contributed by atoms with Gasteiger partial charge in [0.1, 0.15) is 11.6 Å². The van der Waals surface area contributed by atoms with Crippen LogP contribution in [0.4, 0.5) is 0 Å². The number of nitrogens with one attached hydrogen (secondary N) is 1. The first-order chi connectivity index (χ1) is 10.2. The van der Waals surface area contributed by atoms with Crippen molar-refractivity contribution in [2.24, 2.45) is 0 Å². The van der Waals surface area contributed by atoms with Crippen LogP contribution in [-0.4, -0.2) is 40.7 Å². The van der Waals surface area contributed by atoms with Crippen LogP contribution in [0.3, 0.4) is 0 Å². The van der Waals surface area contributed by atoms with E-state index in [9.17, 15) is 9.90 Å². The summed E-state index contributed by atoms with van der Waals surface area (Å²) < 4.78 is 7.06. The molecule has 2 aromatic heterocycles. The van der Waals surface area contributed by atoms with Crippen LogP contribution in [0.25, 0.3) is 5.52 Å². The highest BCUT2D eigenvalue weighted by Crippen LogP contribution is 2.27. The minimum absolute atomic E-state index is 0.0909. The normalized spacial score (nSPS) is 19.4. The van der Waals surface area contributed by atoms with Gasteiger partial charge in [-0.05, 0) is 25.5 Å². The number of carboxylic acids is 1. The SMILES string of the molecule is COc1ccn2c(C3CCCCNC3)nc(C(=O)O)c2c1. The second-order valence-corrected chi connectivity index (χ2v) is 5.34. The largest absolute Gasteiger partial charge is 0.497 e. The van der Waals surface area contributed by atoms with Gasteiger partial charge in [0, 0.05) is 24.7 Å². The number of carboxylic acid groups (broad SMARTS) is 1. The number of hydrogen-bond donors (Lipinski definition) is 2.